The maximum atomic E-state index is 8.99. The monoisotopic (exact) mass is 196 g/mol. The summed E-state index contributed by atoms with van der Waals surface area (Å²) >= 11 is 0. The fraction of sp³-hybridized carbons (Fsp3) is 0.778. The van der Waals surface area contributed by atoms with E-state index in [1.54, 1.807) is 0 Å². The van der Waals surface area contributed by atoms with E-state index in [0.717, 1.165) is 25.3 Å². The molecule has 5 nitrogen and oxygen atoms in total. The smallest absolute Gasteiger partial charge is 0.158 e. The van der Waals surface area contributed by atoms with Crippen LogP contribution in [-0.4, -0.2) is 33.0 Å². The highest BCUT2D eigenvalue weighted by Crippen LogP contribution is 2.21. The molecular weight excluding hydrogens is 180 g/mol. The maximum absolute atomic E-state index is 8.99. The molecule has 1 aromatic heterocycles. The molecule has 1 aliphatic rings. The normalized spacial score (nSPS) is 22.6. The van der Waals surface area contributed by atoms with Crippen molar-refractivity contribution in [3.8, 4) is 0 Å². The van der Waals surface area contributed by atoms with Crippen LogP contribution in [0, 0.1) is 0 Å². The lowest BCUT2D eigenvalue weighted by atomic mass is 9.99. The van der Waals surface area contributed by atoms with E-state index >= 15 is 0 Å². The standard InChI is InChI=1S/C9H16N4O/c1-13-8(6-14)11-12-9(13)7-3-2-4-10-5-7/h7,10,14H,2-6H2,1H3/t7-/m0/s1. The summed E-state index contributed by atoms with van der Waals surface area (Å²) in [4.78, 5) is 0. The van der Waals surface area contributed by atoms with Crippen LogP contribution < -0.4 is 5.32 Å². The van der Waals surface area contributed by atoms with E-state index in [1.807, 2.05) is 11.6 Å². The van der Waals surface area contributed by atoms with Gasteiger partial charge in [0.05, 0.1) is 0 Å². The molecule has 0 aromatic carbocycles. The number of hydrogen-bond donors (Lipinski definition) is 2. The number of aliphatic hydroxyl groups excluding tert-OH is 1. The van der Waals surface area contributed by atoms with Crippen LogP contribution in [0.4, 0.5) is 0 Å². The minimum atomic E-state index is -0.0380. The zero-order valence-electron chi connectivity index (χ0n) is 8.40. The Morgan fingerprint density at radius 3 is 3.00 bits per heavy atom. The van der Waals surface area contributed by atoms with Crippen molar-refractivity contribution in [2.75, 3.05) is 13.1 Å². The summed E-state index contributed by atoms with van der Waals surface area (Å²) in [5, 5.41) is 20.4. The Labute approximate surface area is 83.2 Å². The maximum Gasteiger partial charge on any atom is 0.158 e. The summed E-state index contributed by atoms with van der Waals surface area (Å²) in [6.45, 7) is 2.03. The first-order valence-corrected chi connectivity index (χ1v) is 5.02. The Bertz CT molecular complexity index is 304. The van der Waals surface area contributed by atoms with E-state index in [2.05, 4.69) is 15.5 Å². The lowest BCUT2D eigenvalue weighted by molar-refractivity contribution is 0.266. The largest absolute Gasteiger partial charge is 0.388 e. The van der Waals surface area contributed by atoms with Gasteiger partial charge in [0.2, 0.25) is 0 Å². The van der Waals surface area contributed by atoms with Crippen molar-refractivity contribution in [2.45, 2.75) is 25.4 Å². The summed E-state index contributed by atoms with van der Waals surface area (Å²) in [5.41, 5.74) is 0. The van der Waals surface area contributed by atoms with E-state index < -0.39 is 0 Å². The SMILES string of the molecule is Cn1c(CO)nnc1[C@H]1CCCNC1. The molecule has 2 N–H and O–H groups in total. The summed E-state index contributed by atoms with van der Waals surface area (Å²) in [7, 11) is 1.91. The Hall–Kier alpha value is -0.940. The number of nitrogens with one attached hydrogen (secondary N) is 1. The van der Waals surface area contributed by atoms with Crippen LogP contribution in [0.3, 0.4) is 0 Å². The zero-order chi connectivity index (χ0) is 9.97. The van der Waals surface area contributed by atoms with Crippen molar-refractivity contribution < 1.29 is 5.11 Å². The molecule has 0 saturated carbocycles. The average Bonchev–Trinajstić information content (AvgIpc) is 2.61. The zero-order valence-corrected chi connectivity index (χ0v) is 8.40. The van der Waals surface area contributed by atoms with Gasteiger partial charge in [-0.1, -0.05) is 0 Å². The molecule has 0 aliphatic carbocycles. The van der Waals surface area contributed by atoms with Gasteiger partial charge in [-0.3, -0.25) is 0 Å². The summed E-state index contributed by atoms with van der Waals surface area (Å²) in [6.07, 6.45) is 2.34. The number of piperidine rings is 1. The van der Waals surface area contributed by atoms with E-state index in [-0.39, 0.29) is 6.61 Å². The van der Waals surface area contributed by atoms with E-state index in [4.69, 9.17) is 5.11 Å². The molecule has 1 saturated heterocycles. The van der Waals surface area contributed by atoms with Crippen LogP contribution in [0.5, 0.6) is 0 Å². The summed E-state index contributed by atoms with van der Waals surface area (Å²) < 4.78 is 1.90. The molecule has 1 aliphatic heterocycles. The van der Waals surface area contributed by atoms with E-state index in [0.29, 0.717) is 11.7 Å². The number of hydrogen-bond acceptors (Lipinski definition) is 4. The van der Waals surface area contributed by atoms with Crippen molar-refractivity contribution in [3.63, 3.8) is 0 Å². The highest BCUT2D eigenvalue weighted by atomic mass is 16.3. The molecule has 0 amide bonds. The highest BCUT2D eigenvalue weighted by Gasteiger charge is 2.20. The lowest BCUT2D eigenvalue weighted by Gasteiger charge is -2.21. The molecule has 0 radical (unpaired) electrons. The topological polar surface area (TPSA) is 63.0 Å². The molecule has 2 rings (SSSR count). The molecule has 0 spiro atoms. The summed E-state index contributed by atoms with van der Waals surface area (Å²) in [6, 6.07) is 0. The van der Waals surface area contributed by atoms with Crippen molar-refractivity contribution in [3.05, 3.63) is 11.6 Å². The third-order valence-electron chi connectivity index (χ3n) is 2.80. The Morgan fingerprint density at radius 2 is 2.43 bits per heavy atom. The molecule has 1 aromatic rings. The van der Waals surface area contributed by atoms with Crippen molar-refractivity contribution in [1.82, 2.24) is 20.1 Å². The van der Waals surface area contributed by atoms with E-state index in [1.165, 1.54) is 6.42 Å². The van der Waals surface area contributed by atoms with Gasteiger partial charge in [-0.05, 0) is 19.4 Å². The van der Waals surface area contributed by atoms with Gasteiger partial charge in [0, 0.05) is 19.5 Å². The Morgan fingerprint density at radius 1 is 1.57 bits per heavy atom. The van der Waals surface area contributed by atoms with Gasteiger partial charge in [0.15, 0.2) is 5.82 Å². The van der Waals surface area contributed by atoms with Gasteiger partial charge in [0.25, 0.3) is 0 Å². The van der Waals surface area contributed by atoms with Crippen molar-refractivity contribution in [2.24, 2.45) is 7.05 Å². The van der Waals surface area contributed by atoms with Gasteiger partial charge in [-0.2, -0.15) is 0 Å². The third-order valence-corrected chi connectivity index (χ3v) is 2.80. The molecule has 78 valence electrons. The Balaban J connectivity index is 2.18. The number of aromatic nitrogens is 3. The molecule has 5 heteroatoms. The number of rotatable bonds is 2. The molecule has 0 bridgehead atoms. The van der Waals surface area contributed by atoms with Gasteiger partial charge < -0.3 is 15.0 Å². The van der Waals surface area contributed by atoms with Crippen LogP contribution in [0.25, 0.3) is 0 Å². The van der Waals surface area contributed by atoms with Crippen molar-refractivity contribution in [1.29, 1.82) is 0 Å². The second kappa shape index (κ2) is 4.06. The number of nitrogens with zero attached hydrogens (tertiary/aromatic N) is 3. The second-order valence-corrected chi connectivity index (χ2v) is 3.73. The first-order valence-electron chi connectivity index (χ1n) is 5.02. The molecule has 0 unspecified atom stereocenters. The lowest BCUT2D eigenvalue weighted by Crippen LogP contribution is -2.29. The predicted molar refractivity (Wildman–Crippen MR) is 51.8 cm³/mol. The first-order chi connectivity index (χ1) is 6.83. The fourth-order valence-electron chi connectivity index (χ4n) is 1.94. The Kier molecular flexibility index (Phi) is 2.79. The molecule has 1 atom stereocenters. The van der Waals surface area contributed by atoms with Crippen LogP contribution >= 0.6 is 0 Å². The molecule has 1 fully saturated rings. The number of aliphatic hydroxyl groups is 1. The fourth-order valence-corrected chi connectivity index (χ4v) is 1.94. The van der Waals surface area contributed by atoms with Gasteiger partial charge in [-0.25, -0.2) is 0 Å². The van der Waals surface area contributed by atoms with Crippen LogP contribution in [0.2, 0.25) is 0 Å². The van der Waals surface area contributed by atoms with Crippen LogP contribution in [0.15, 0.2) is 0 Å². The van der Waals surface area contributed by atoms with Crippen LogP contribution in [-0.2, 0) is 13.7 Å². The van der Waals surface area contributed by atoms with Gasteiger partial charge in [0.1, 0.15) is 12.4 Å². The van der Waals surface area contributed by atoms with Crippen molar-refractivity contribution >= 4 is 0 Å². The highest BCUT2D eigenvalue weighted by molar-refractivity contribution is 5.02. The molecule has 2 heterocycles. The third kappa shape index (κ3) is 1.65. The van der Waals surface area contributed by atoms with Gasteiger partial charge in [-0.15, -0.1) is 10.2 Å². The minimum absolute atomic E-state index is 0.0380. The van der Waals surface area contributed by atoms with Gasteiger partial charge >= 0.3 is 0 Å². The average molecular weight is 196 g/mol. The summed E-state index contributed by atoms with van der Waals surface area (Å²) in [5.74, 6) is 2.08. The minimum Gasteiger partial charge on any atom is -0.388 e. The quantitative estimate of drug-likeness (QED) is 0.686. The second-order valence-electron chi connectivity index (χ2n) is 3.73. The van der Waals surface area contributed by atoms with Crippen LogP contribution in [0.1, 0.15) is 30.4 Å². The first kappa shape index (κ1) is 9.61. The predicted octanol–water partition coefficient (Wildman–Crippen LogP) is -0.226. The van der Waals surface area contributed by atoms with E-state index in [9.17, 15) is 0 Å². The molecule has 14 heavy (non-hydrogen) atoms. The molecular formula is C9H16N4O.